The van der Waals surface area contributed by atoms with E-state index in [0.29, 0.717) is 19.5 Å². The Bertz CT molecular complexity index is 411. The van der Waals surface area contributed by atoms with Crippen molar-refractivity contribution in [3.63, 3.8) is 0 Å². The molecule has 20 heavy (non-hydrogen) atoms. The first kappa shape index (κ1) is 16.2. The molecule has 0 aliphatic carbocycles. The molecule has 0 aromatic heterocycles. The van der Waals surface area contributed by atoms with Crippen molar-refractivity contribution in [2.75, 3.05) is 13.1 Å². The summed E-state index contributed by atoms with van der Waals surface area (Å²) in [5.74, 6) is 0. The van der Waals surface area contributed by atoms with Crippen molar-refractivity contribution in [3.05, 3.63) is 0 Å². The second-order valence-electron chi connectivity index (χ2n) is 6.31. The van der Waals surface area contributed by atoms with Gasteiger partial charge in [-0.05, 0) is 46.0 Å². The van der Waals surface area contributed by atoms with Gasteiger partial charge in [0.05, 0.1) is 6.10 Å². The molecular formula is C14H28N2O3S. The normalized spacial score (nSPS) is 32.1. The molecule has 0 aromatic carbocycles. The minimum atomic E-state index is -3.37. The van der Waals surface area contributed by atoms with Crippen LogP contribution in [0.5, 0.6) is 0 Å². The summed E-state index contributed by atoms with van der Waals surface area (Å²) < 4.78 is 29.2. The average molecular weight is 304 g/mol. The lowest BCUT2D eigenvalue weighted by atomic mass is 10.00. The van der Waals surface area contributed by atoms with Gasteiger partial charge < -0.3 is 5.11 Å². The molecule has 3 unspecified atom stereocenters. The third-order valence-corrected chi connectivity index (χ3v) is 6.73. The van der Waals surface area contributed by atoms with E-state index in [4.69, 9.17) is 0 Å². The third-order valence-electron chi connectivity index (χ3n) is 4.52. The highest BCUT2D eigenvalue weighted by atomic mass is 32.2. The second kappa shape index (κ2) is 6.73. The van der Waals surface area contributed by atoms with Gasteiger partial charge >= 0.3 is 0 Å². The van der Waals surface area contributed by atoms with Crippen LogP contribution in [0.15, 0.2) is 0 Å². The minimum absolute atomic E-state index is 0.0390. The van der Waals surface area contributed by atoms with Crippen molar-refractivity contribution >= 4 is 10.2 Å². The van der Waals surface area contributed by atoms with E-state index in [0.717, 1.165) is 38.5 Å². The SMILES string of the molecule is CC(O)CC1CCCCN1S(=O)(=O)N1CCCCC1C. The zero-order valence-corrected chi connectivity index (χ0v) is 13.5. The van der Waals surface area contributed by atoms with Crippen molar-refractivity contribution in [3.8, 4) is 0 Å². The first-order valence-electron chi connectivity index (χ1n) is 7.89. The Morgan fingerprint density at radius 2 is 1.70 bits per heavy atom. The number of piperidine rings is 2. The fourth-order valence-corrected chi connectivity index (χ4v) is 5.57. The monoisotopic (exact) mass is 304 g/mol. The van der Waals surface area contributed by atoms with E-state index in [1.807, 2.05) is 6.92 Å². The Kier molecular flexibility index (Phi) is 5.45. The number of aliphatic hydroxyl groups excluding tert-OH is 1. The third kappa shape index (κ3) is 3.53. The van der Waals surface area contributed by atoms with E-state index in [1.165, 1.54) is 0 Å². The zero-order valence-electron chi connectivity index (χ0n) is 12.7. The van der Waals surface area contributed by atoms with Gasteiger partial charge in [-0.15, -0.1) is 0 Å². The zero-order chi connectivity index (χ0) is 14.8. The van der Waals surface area contributed by atoms with Gasteiger partial charge in [-0.25, -0.2) is 0 Å². The number of hydrogen-bond donors (Lipinski definition) is 1. The molecule has 0 radical (unpaired) electrons. The van der Waals surface area contributed by atoms with Crippen molar-refractivity contribution in [1.82, 2.24) is 8.61 Å². The number of hydrogen-bond acceptors (Lipinski definition) is 3. The smallest absolute Gasteiger partial charge is 0.282 e. The summed E-state index contributed by atoms with van der Waals surface area (Å²) in [6.45, 7) is 4.98. The van der Waals surface area contributed by atoms with Gasteiger partial charge in [0.15, 0.2) is 0 Å². The van der Waals surface area contributed by atoms with Crippen LogP contribution in [-0.2, 0) is 10.2 Å². The lowest BCUT2D eigenvalue weighted by Crippen LogP contribution is -2.54. The van der Waals surface area contributed by atoms with Crippen molar-refractivity contribution in [2.45, 2.75) is 77.0 Å². The number of aliphatic hydroxyl groups is 1. The summed E-state index contributed by atoms with van der Waals surface area (Å²) in [6.07, 6.45) is 5.97. The summed E-state index contributed by atoms with van der Waals surface area (Å²) in [6, 6.07) is 0.0609. The van der Waals surface area contributed by atoms with E-state index in [-0.39, 0.29) is 12.1 Å². The Hall–Kier alpha value is -0.170. The van der Waals surface area contributed by atoms with Gasteiger partial charge in [-0.2, -0.15) is 17.0 Å². The first-order valence-corrected chi connectivity index (χ1v) is 9.29. The van der Waals surface area contributed by atoms with Gasteiger partial charge in [0, 0.05) is 25.2 Å². The fourth-order valence-electron chi connectivity index (χ4n) is 3.46. The van der Waals surface area contributed by atoms with Crippen LogP contribution in [-0.4, -0.2) is 53.4 Å². The number of rotatable bonds is 4. The van der Waals surface area contributed by atoms with Crippen LogP contribution >= 0.6 is 0 Å². The van der Waals surface area contributed by atoms with Gasteiger partial charge in [0.2, 0.25) is 0 Å². The molecule has 2 fully saturated rings. The van der Waals surface area contributed by atoms with E-state index in [2.05, 4.69) is 0 Å². The molecule has 5 nitrogen and oxygen atoms in total. The highest BCUT2D eigenvalue weighted by Gasteiger charge is 2.39. The predicted octanol–water partition coefficient (Wildman–Crippen LogP) is 1.73. The van der Waals surface area contributed by atoms with Crippen LogP contribution in [0.3, 0.4) is 0 Å². The van der Waals surface area contributed by atoms with Gasteiger partial charge in [0.25, 0.3) is 10.2 Å². The summed E-state index contributed by atoms with van der Waals surface area (Å²) in [4.78, 5) is 0. The van der Waals surface area contributed by atoms with Crippen molar-refractivity contribution in [1.29, 1.82) is 0 Å². The number of nitrogens with zero attached hydrogens (tertiary/aromatic N) is 2. The predicted molar refractivity (Wildman–Crippen MR) is 79.6 cm³/mol. The standard InChI is InChI=1S/C14H28N2O3S/c1-12-7-3-5-9-15(12)20(18,19)16-10-6-4-8-14(16)11-13(2)17/h12-14,17H,3-11H2,1-2H3. The Labute approximate surface area is 123 Å². The Morgan fingerprint density at radius 1 is 1.10 bits per heavy atom. The molecule has 3 atom stereocenters. The van der Waals surface area contributed by atoms with Gasteiger partial charge in [-0.3, -0.25) is 0 Å². The molecule has 118 valence electrons. The highest BCUT2D eigenvalue weighted by Crippen LogP contribution is 2.29. The van der Waals surface area contributed by atoms with E-state index >= 15 is 0 Å². The molecule has 2 aliphatic rings. The van der Waals surface area contributed by atoms with E-state index < -0.39 is 16.3 Å². The minimum Gasteiger partial charge on any atom is -0.393 e. The van der Waals surface area contributed by atoms with Crippen LogP contribution in [0, 0.1) is 0 Å². The molecule has 0 aromatic rings. The summed E-state index contributed by atoms with van der Waals surface area (Å²) in [7, 11) is -3.37. The molecule has 0 saturated carbocycles. The average Bonchev–Trinajstić information content (AvgIpc) is 2.38. The molecule has 6 heteroatoms. The quantitative estimate of drug-likeness (QED) is 0.860. The second-order valence-corrected chi connectivity index (χ2v) is 8.14. The Morgan fingerprint density at radius 3 is 2.30 bits per heavy atom. The van der Waals surface area contributed by atoms with Crippen LogP contribution in [0.1, 0.15) is 58.8 Å². The summed E-state index contributed by atoms with van der Waals surface area (Å²) in [5, 5.41) is 9.62. The van der Waals surface area contributed by atoms with Crippen molar-refractivity contribution < 1.29 is 13.5 Å². The van der Waals surface area contributed by atoms with Crippen LogP contribution < -0.4 is 0 Å². The summed E-state index contributed by atoms with van der Waals surface area (Å²) in [5.41, 5.74) is 0. The van der Waals surface area contributed by atoms with Crippen LogP contribution in [0.4, 0.5) is 0 Å². The first-order chi connectivity index (χ1) is 9.43. The fraction of sp³-hybridized carbons (Fsp3) is 1.00. The van der Waals surface area contributed by atoms with Crippen LogP contribution in [0.2, 0.25) is 0 Å². The van der Waals surface area contributed by atoms with E-state index in [9.17, 15) is 13.5 Å². The molecule has 0 bridgehead atoms. The maximum Gasteiger partial charge on any atom is 0.282 e. The van der Waals surface area contributed by atoms with E-state index in [1.54, 1.807) is 15.5 Å². The molecular weight excluding hydrogens is 276 g/mol. The largest absolute Gasteiger partial charge is 0.393 e. The molecule has 2 saturated heterocycles. The lowest BCUT2D eigenvalue weighted by molar-refractivity contribution is 0.124. The summed E-state index contributed by atoms with van der Waals surface area (Å²) >= 11 is 0. The molecule has 0 spiro atoms. The lowest BCUT2D eigenvalue weighted by Gasteiger charge is -2.41. The van der Waals surface area contributed by atoms with Crippen LogP contribution in [0.25, 0.3) is 0 Å². The molecule has 2 heterocycles. The molecule has 0 amide bonds. The van der Waals surface area contributed by atoms with Gasteiger partial charge in [0.1, 0.15) is 0 Å². The molecule has 2 aliphatic heterocycles. The molecule has 1 N–H and O–H groups in total. The Balaban J connectivity index is 2.16. The van der Waals surface area contributed by atoms with Gasteiger partial charge in [-0.1, -0.05) is 12.8 Å². The topological polar surface area (TPSA) is 60.9 Å². The highest BCUT2D eigenvalue weighted by molar-refractivity contribution is 7.86. The maximum absolute atomic E-state index is 12.9. The van der Waals surface area contributed by atoms with Crippen molar-refractivity contribution in [2.24, 2.45) is 0 Å². The molecule has 2 rings (SSSR count). The maximum atomic E-state index is 12.9.